The first-order chi connectivity index (χ1) is 9.17. The van der Waals surface area contributed by atoms with Gasteiger partial charge in [-0.05, 0) is 35.4 Å². The molecule has 4 nitrogen and oxygen atoms in total. The van der Waals surface area contributed by atoms with Gasteiger partial charge in [-0.1, -0.05) is 12.1 Å². The van der Waals surface area contributed by atoms with Gasteiger partial charge in [0.2, 0.25) is 0 Å². The lowest BCUT2D eigenvalue weighted by molar-refractivity contribution is 0.112. The molecule has 3 rings (SSSR count). The lowest BCUT2D eigenvalue weighted by Crippen LogP contribution is -1.92. The Bertz CT molecular complexity index is 832. The number of rotatable bonds is 2. The number of H-pyrrole nitrogens is 1. The van der Waals surface area contributed by atoms with Crippen molar-refractivity contribution in [1.29, 1.82) is 0 Å². The molecular weight excluding hydrogens is 249 g/mol. The quantitative estimate of drug-likeness (QED) is 0.718. The summed E-state index contributed by atoms with van der Waals surface area (Å²) in [5.74, 6) is -1.09. The predicted molar refractivity (Wildman–Crippen MR) is 67.6 cm³/mol. The van der Waals surface area contributed by atoms with Crippen LogP contribution in [0, 0.1) is 5.82 Å². The zero-order valence-electron chi connectivity index (χ0n) is 9.64. The molecule has 94 valence electrons. The van der Waals surface area contributed by atoms with Gasteiger partial charge in [-0.15, -0.1) is 0 Å². The van der Waals surface area contributed by atoms with Gasteiger partial charge in [-0.2, -0.15) is 0 Å². The number of aldehydes is 1. The Morgan fingerprint density at radius 3 is 2.63 bits per heavy atom. The number of nitrogens with one attached hydrogen (secondary N) is 1. The molecule has 0 amide bonds. The van der Waals surface area contributed by atoms with Gasteiger partial charge in [0, 0.05) is 0 Å². The van der Waals surface area contributed by atoms with E-state index in [2.05, 4.69) is 4.98 Å². The molecule has 0 radical (unpaired) electrons. The van der Waals surface area contributed by atoms with Crippen molar-refractivity contribution >= 4 is 17.4 Å². The highest BCUT2D eigenvalue weighted by molar-refractivity contribution is 5.83. The van der Waals surface area contributed by atoms with E-state index in [0.717, 1.165) is 5.56 Å². The summed E-state index contributed by atoms with van der Waals surface area (Å²) in [4.78, 5) is 24.3. The number of halogens is 1. The molecule has 0 saturated heterocycles. The van der Waals surface area contributed by atoms with E-state index in [1.807, 2.05) is 0 Å². The van der Waals surface area contributed by atoms with Gasteiger partial charge in [-0.25, -0.2) is 9.18 Å². The lowest BCUT2D eigenvalue weighted by atomic mass is 10.0. The zero-order valence-corrected chi connectivity index (χ0v) is 9.64. The molecule has 5 heteroatoms. The van der Waals surface area contributed by atoms with Gasteiger partial charge < -0.3 is 4.42 Å². The smallest absolute Gasteiger partial charge is 0.408 e. The van der Waals surface area contributed by atoms with E-state index in [1.165, 1.54) is 12.1 Å². The van der Waals surface area contributed by atoms with Crippen LogP contribution in [-0.4, -0.2) is 11.3 Å². The van der Waals surface area contributed by atoms with Crippen molar-refractivity contribution in [1.82, 2.24) is 4.98 Å². The van der Waals surface area contributed by atoms with E-state index in [4.69, 9.17) is 4.42 Å². The van der Waals surface area contributed by atoms with Crippen molar-refractivity contribution in [2.24, 2.45) is 0 Å². The highest BCUT2D eigenvalue weighted by Gasteiger charge is 2.07. The van der Waals surface area contributed by atoms with Crippen LogP contribution in [0.5, 0.6) is 0 Å². The Kier molecular flexibility index (Phi) is 2.52. The van der Waals surface area contributed by atoms with Gasteiger partial charge >= 0.3 is 5.76 Å². The minimum Gasteiger partial charge on any atom is -0.408 e. The SMILES string of the molecule is O=Cc1cc(-c2ccc3[nH]c(=O)oc3c2)ccc1F. The number of carbonyl (C=O) groups is 1. The standard InChI is InChI=1S/C14H8FNO3/c15-11-3-1-8(5-10(11)7-17)9-2-4-12-13(6-9)19-14(18)16-12/h1-7H,(H,16,18). The van der Waals surface area contributed by atoms with Gasteiger partial charge in [-0.3, -0.25) is 9.78 Å². The van der Waals surface area contributed by atoms with E-state index in [9.17, 15) is 14.0 Å². The van der Waals surface area contributed by atoms with Crippen LogP contribution in [0.4, 0.5) is 4.39 Å². The summed E-state index contributed by atoms with van der Waals surface area (Å²) in [6.07, 6.45) is 0.466. The summed E-state index contributed by atoms with van der Waals surface area (Å²) in [6, 6.07) is 9.36. The third kappa shape index (κ3) is 1.95. The molecule has 1 aromatic heterocycles. The lowest BCUT2D eigenvalue weighted by Gasteiger charge is -2.03. The molecule has 1 N–H and O–H groups in total. The fraction of sp³-hybridized carbons (Fsp3) is 0. The number of hydrogen-bond donors (Lipinski definition) is 1. The molecule has 0 aliphatic heterocycles. The van der Waals surface area contributed by atoms with Gasteiger partial charge in [0.25, 0.3) is 0 Å². The monoisotopic (exact) mass is 257 g/mol. The molecule has 0 spiro atoms. The Morgan fingerprint density at radius 2 is 1.84 bits per heavy atom. The number of fused-ring (bicyclic) bond motifs is 1. The Balaban J connectivity index is 2.17. The van der Waals surface area contributed by atoms with Crippen LogP contribution < -0.4 is 5.76 Å². The summed E-state index contributed by atoms with van der Waals surface area (Å²) in [5.41, 5.74) is 2.41. The van der Waals surface area contributed by atoms with Crippen LogP contribution in [0.1, 0.15) is 10.4 Å². The predicted octanol–water partition coefficient (Wildman–Crippen LogP) is 2.74. The number of aromatic nitrogens is 1. The first-order valence-electron chi connectivity index (χ1n) is 5.55. The Labute approximate surface area is 106 Å². The van der Waals surface area contributed by atoms with Crippen molar-refractivity contribution < 1.29 is 13.6 Å². The van der Waals surface area contributed by atoms with E-state index < -0.39 is 11.6 Å². The summed E-state index contributed by atoms with van der Waals surface area (Å²) < 4.78 is 18.2. The maximum atomic E-state index is 13.2. The highest BCUT2D eigenvalue weighted by atomic mass is 19.1. The molecule has 0 aliphatic carbocycles. The van der Waals surface area contributed by atoms with E-state index in [0.29, 0.717) is 22.9 Å². The molecular formula is C14H8FNO3. The maximum Gasteiger partial charge on any atom is 0.417 e. The van der Waals surface area contributed by atoms with E-state index in [1.54, 1.807) is 24.3 Å². The molecule has 3 aromatic rings. The van der Waals surface area contributed by atoms with Crippen LogP contribution >= 0.6 is 0 Å². The van der Waals surface area contributed by atoms with Crippen LogP contribution in [-0.2, 0) is 0 Å². The average Bonchev–Trinajstić information content (AvgIpc) is 2.78. The fourth-order valence-corrected chi connectivity index (χ4v) is 1.94. The third-order valence-electron chi connectivity index (χ3n) is 2.88. The van der Waals surface area contributed by atoms with Crippen molar-refractivity contribution in [3.05, 3.63) is 58.3 Å². The first kappa shape index (κ1) is 11.4. The highest BCUT2D eigenvalue weighted by Crippen LogP contribution is 2.24. The second-order valence-corrected chi connectivity index (χ2v) is 4.08. The third-order valence-corrected chi connectivity index (χ3v) is 2.88. The summed E-state index contributed by atoms with van der Waals surface area (Å²) in [5, 5.41) is 0. The number of aromatic amines is 1. The minimum absolute atomic E-state index is 0.00637. The van der Waals surface area contributed by atoms with Crippen LogP contribution in [0.15, 0.2) is 45.6 Å². The number of carbonyl (C=O) groups excluding carboxylic acids is 1. The summed E-state index contributed by atoms with van der Waals surface area (Å²) in [7, 11) is 0. The molecule has 0 aliphatic rings. The van der Waals surface area contributed by atoms with Crippen molar-refractivity contribution in [2.45, 2.75) is 0 Å². The van der Waals surface area contributed by atoms with Crippen molar-refractivity contribution in [3.8, 4) is 11.1 Å². The summed E-state index contributed by atoms with van der Waals surface area (Å²) >= 11 is 0. The Hall–Kier alpha value is -2.69. The summed E-state index contributed by atoms with van der Waals surface area (Å²) in [6.45, 7) is 0. The average molecular weight is 257 g/mol. The first-order valence-corrected chi connectivity index (χ1v) is 5.55. The van der Waals surface area contributed by atoms with Gasteiger partial charge in [0.15, 0.2) is 11.9 Å². The molecule has 0 bridgehead atoms. The van der Waals surface area contributed by atoms with Gasteiger partial charge in [0.05, 0.1) is 11.1 Å². The molecule has 2 aromatic carbocycles. The second-order valence-electron chi connectivity index (χ2n) is 4.08. The molecule has 1 heterocycles. The Morgan fingerprint density at radius 1 is 1.11 bits per heavy atom. The van der Waals surface area contributed by atoms with Gasteiger partial charge in [0.1, 0.15) is 5.82 Å². The fourth-order valence-electron chi connectivity index (χ4n) is 1.94. The minimum atomic E-state index is -0.562. The topological polar surface area (TPSA) is 63.1 Å². The molecule has 0 saturated carbocycles. The van der Waals surface area contributed by atoms with E-state index in [-0.39, 0.29) is 5.56 Å². The molecule has 19 heavy (non-hydrogen) atoms. The molecule has 0 unspecified atom stereocenters. The zero-order chi connectivity index (χ0) is 13.4. The molecule has 0 atom stereocenters. The van der Waals surface area contributed by atoms with Crippen molar-refractivity contribution in [3.63, 3.8) is 0 Å². The maximum absolute atomic E-state index is 13.2. The van der Waals surface area contributed by atoms with Crippen LogP contribution in [0.25, 0.3) is 22.2 Å². The largest absolute Gasteiger partial charge is 0.417 e. The molecule has 0 fully saturated rings. The van der Waals surface area contributed by atoms with Crippen LogP contribution in [0.3, 0.4) is 0 Å². The normalized spacial score (nSPS) is 10.8. The van der Waals surface area contributed by atoms with Crippen LogP contribution in [0.2, 0.25) is 0 Å². The number of hydrogen-bond acceptors (Lipinski definition) is 3. The van der Waals surface area contributed by atoms with Crippen molar-refractivity contribution in [2.75, 3.05) is 0 Å². The number of benzene rings is 2. The number of oxazole rings is 1. The second kappa shape index (κ2) is 4.20. The van der Waals surface area contributed by atoms with E-state index >= 15 is 0 Å².